The van der Waals surface area contributed by atoms with Crippen molar-refractivity contribution in [2.45, 2.75) is 44.1 Å². The Bertz CT molecular complexity index is 319. The van der Waals surface area contributed by atoms with E-state index in [4.69, 9.17) is 4.74 Å². The summed E-state index contributed by atoms with van der Waals surface area (Å²) >= 11 is 0. The second kappa shape index (κ2) is 4.97. The summed E-state index contributed by atoms with van der Waals surface area (Å²) in [7, 11) is 3.97. The quantitative estimate of drug-likeness (QED) is 0.848. The monoisotopic (exact) mass is 266 g/mol. The normalized spacial score (nSPS) is 39.6. The molecule has 0 spiro atoms. The van der Waals surface area contributed by atoms with Crippen LogP contribution < -0.4 is 5.32 Å². The summed E-state index contributed by atoms with van der Waals surface area (Å²) in [6.07, 6.45) is 7.54. The molecule has 0 radical (unpaired) electrons. The summed E-state index contributed by atoms with van der Waals surface area (Å²) in [6.45, 7) is 1.26. The number of nitrogens with zero attached hydrogens (tertiary/aromatic N) is 1. The zero-order valence-corrected chi connectivity index (χ0v) is 12.2. The first-order chi connectivity index (χ1) is 9.05. The molecular weight excluding hydrogens is 240 g/mol. The topological polar surface area (TPSA) is 41.6 Å². The minimum Gasteiger partial charge on any atom is -0.448 e. The molecule has 4 heteroatoms. The summed E-state index contributed by atoms with van der Waals surface area (Å²) in [5, 5.41) is 3.22. The third-order valence-electron chi connectivity index (χ3n) is 5.18. The van der Waals surface area contributed by atoms with Crippen molar-refractivity contribution in [3.05, 3.63) is 0 Å². The first kappa shape index (κ1) is 13.2. The highest BCUT2D eigenvalue weighted by Gasteiger charge is 2.51. The second-order valence-electron chi connectivity index (χ2n) is 7.26. The zero-order chi connectivity index (χ0) is 13.5. The molecule has 4 nitrogen and oxygen atoms in total. The van der Waals surface area contributed by atoms with Crippen LogP contribution in [0.2, 0.25) is 0 Å². The number of rotatable bonds is 4. The lowest BCUT2D eigenvalue weighted by molar-refractivity contribution is -0.0192. The number of ether oxygens (including phenoxy) is 1. The van der Waals surface area contributed by atoms with Gasteiger partial charge >= 0.3 is 6.09 Å². The van der Waals surface area contributed by atoms with Gasteiger partial charge in [-0.2, -0.15) is 0 Å². The molecule has 1 amide bonds. The molecule has 0 aliphatic heterocycles. The molecule has 4 saturated carbocycles. The number of alkyl carbamates (subject to hydrolysis) is 1. The van der Waals surface area contributed by atoms with Crippen LogP contribution in [0.15, 0.2) is 0 Å². The van der Waals surface area contributed by atoms with Crippen LogP contribution >= 0.6 is 0 Å². The predicted molar refractivity (Wildman–Crippen MR) is 73.9 cm³/mol. The van der Waals surface area contributed by atoms with E-state index in [1.807, 2.05) is 19.0 Å². The first-order valence-corrected chi connectivity index (χ1v) is 7.64. The van der Waals surface area contributed by atoms with Crippen molar-refractivity contribution in [1.29, 1.82) is 0 Å². The van der Waals surface area contributed by atoms with Gasteiger partial charge in [0.25, 0.3) is 0 Å². The Labute approximate surface area is 115 Å². The highest BCUT2D eigenvalue weighted by molar-refractivity contribution is 5.68. The number of hydrogen-bond acceptors (Lipinski definition) is 3. The molecule has 0 aromatic heterocycles. The van der Waals surface area contributed by atoms with Crippen molar-refractivity contribution in [3.8, 4) is 0 Å². The van der Waals surface area contributed by atoms with Gasteiger partial charge < -0.3 is 15.0 Å². The fourth-order valence-corrected chi connectivity index (χ4v) is 4.84. The Morgan fingerprint density at radius 2 is 1.68 bits per heavy atom. The summed E-state index contributed by atoms with van der Waals surface area (Å²) in [5.41, 5.74) is 0.0734. The van der Waals surface area contributed by atoms with Crippen molar-refractivity contribution in [2.24, 2.45) is 17.8 Å². The summed E-state index contributed by atoms with van der Waals surface area (Å²) in [5.74, 6) is 2.56. The fourth-order valence-electron chi connectivity index (χ4n) is 4.84. The number of hydrogen-bond donors (Lipinski definition) is 1. The molecule has 108 valence electrons. The molecule has 4 rings (SSSR count). The van der Waals surface area contributed by atoms with Gasteiger partial charge in [-0.05, 0) is 70.4 Å². The number of nitrogens with one attached hydrogen (secondary N) is 1. The summed E-state index contributed by atoms with van der Waals surface area (Å²) < 4.78 is 5.30. The number of likely N-dealkylation sites (N-methyl/N-ethyl adjacent to an activating group) is 1. The fraction of sp³-hybridized carbons (Fsp3) is 0.933. The highest BCUT2D eigenvalue weighted by Crippen LogP contribution is 2.55. The van der Waals surface area contributed by atoms with Crippen LogP contribution in [0, 0.1) is 17.8 Å². The van der Waals surface area contributed by atoms with Crippen molar-refractivity contribution >= 4 is 6.09 Å². The molecule has 1 N–H and O–H groups in total. The Morgan fingerprint density at radius 3 is 2.16 bits per heavy atom. The van der Waals surface area contributed by atoms with Crippen LogP contribution in [0.1, 0.15) is 38.5 Å². The van der Waals surface area contributed by atoms with Crippen molar-refractivity contribution in [2.75, 3.05) is 27.2 Å². The average Bonchev–Trinajstić information content (AvgIpc) is 2.25. The Balaban J connectivity index is 1.53. The van der Waals surface area contributed by atoms with Gasteiger partial charge in [0.2, 0.25) is 0 Å². The predicted octanol–water partition coefficient (Wildman–Crippen LogP) is 2.24. The van der Waals surface area contributed by atoms with Crippen molar-refractivity contribution < 1.29 is 9.53 Å². The zero-order valence-electron chi connectivity index (χ0n) is 12.2. The van der Waals surface area contributed by atoms with Gasteiger partial charge in [0, 0.05) is 12.1 Å². The van der Waals surface area contributed by atoms with Gasteiger partial charge in [0.1, 0.15) is 6.61 Å². The summed E-state index contributed by atoms with van der Waals surface area (Å²) in [6, 6.07) is 0. The van der Waals surface area contributed by atoms with Gasteiger partial charge in [-0.1, -0.05) is 0 Å². The smallest absolute Gasteiger partial charge is 0.407 e. The third-order valence-corrected chi connectivity index (χ3v) is 5.18. The van der Waals surface area contributed by atoms with Gasteiger partial charge in [-0.15, -0.1) is 0 Å². The molecule has 4 bridgehead atoms. The summed E-state index contributed by atoms with van der Waals surface area (Å²) in [4.78, 5) is 14.0. The highest BCUT2D eigenvalue weighted by atomic mass is 16.5. The lowest BCUT2D eigenvalue weighted by atomic mass is 9.53. The van der Waals surface area contributed by atoms with Crippen LogP contribution in [0.4, 0.5) is 4.79 Å². The van der Waals surface area contributed by atoms with Crippen LogP contribution in [0.5, 0.6) is 0 Å². The van der Waals surface area contributed by atoms with Gasteiger partial charge in [-0.3, -0.25) is 0 Å². The Kier molecular flexibility index (Phi) is 3.46. The van der Waals surface area contributed by atoms with Crippen LogP contribution in [-0.2, 0) is 4.74 Å². The number of amides is 1. The molecule has 0 saturated heterocycles. The van der Waals surface area contributed by atoms with Crippen molar-refractivity contribution in [3.63, 3.8) is 0 Å². The molecule has 0 aromatic carbocycles. The van der Waals surface area contributed by atoms with E-state index in [0.717, 1.165) is 24.3 Å². The lowest BCUT2D eigenvalue weighted by Gasteiger charge is -2.56. The van der Waals surface area contributed by atoms with Gasteiger partial charge in [-0.25, -0.2) is 4.79 Å². The maximum absolute atomic E-state index is 12.0. The standard InChI is InChI=1S/C15H26N2O2/c1-17(2)3-4-19-14(18)16-15-8-11-5-12(9-15)7-13(6-11)10-15/h11-13H,3-10H2,1-2H3,(H,16,18). The largest absolute Gasteiger partial charge is 0.448 e. The van der Waals surface area contributed by atoms with Crippen molar-refractivity contribution in [1.82, 2.24) is 10.2 Å². The Hall–Kier alpha value is -0.770. The molecular formula is C15H26N2O2. The first-order valence-electron chi connectivity index (χ1n) is 7.64. The van der Waals surface area contributed by atoms with E-state index in [0.29, 0.717) is 6.61 Å². The average molecular weight is 266 g/mol. The SMILES string of the molecule is CN(C)CCOC(=O)NC12CC3CC(CC(C3)C1)C2. The third kappa shape index (κ3) is 2.88. The molecule has 0 heterocycles. The van der Waals surface area contributed by atoms with Crippen LogP contribution in [-0.4, -0.2) is 43.8 Å². The van der Waals surface area contributed by atoms with E-state index in [1.54, 1.807) is 0 Å². The number of carbonyl (C=O) groups excluding carboxylic acids is 1. The van der Waals surface area contributed by atoms with E-state index in [1.165, 1.54) is 38.5 Å². The molecule has 4 aliphatic rings. The molecule has 0 aromatic rings. The maximum Gasteiger partial charge on any atom is 0.407 e. The molecule has 4 aliphatic carbocycles. The Morgan fingerprint density at radius 1 is 1.16 bits per heavy atom. The van der Waals surface area contributed by atoms with E-state index in [2.05, 4.69) is 5.32 Å². The lowest BCUT2D eigenvalue weighted by Crippen LogP contribution is -2.60. The van der Waals surface area contributed by atoms with Crippen LogP contribution in [0.3, 0.4) is 0 Å². The van der Waals surface area contributed by atoms with Crippen LogP contribution in [0.25, 0.3) is 0 Å². The van der Waals surface area contributed by atoms with E-state index >= 15 is 0 Å². The maximum atomic E-state index is 12.0. The van der Waals surface area contributed by atoms with Gasteiger partial charge in [0.15, 0.2) is 0 Å². The molecule has 0 unspecified atom stereocenters. The molecule has 19 heavy (non-hydrogen) atoms. The van der Waals surface area contributed by atoms with E-state index < -0.39 is 0 Å². The minimum atomic E-state index is -0.205. The molecule has 4 fully saturated rings. The van der Waals surface area contributed by atoms with Gasteiger partial charge in [0.05, 0.1) is 0 Å². The van der Waals surface area contributed by atoms with E-state index in [9.17, 15) is 4.79 Å². The molecule has 0 atom stereocenters. The minimum absolute atomic E-state index is 0.0734. The number of carbonyl (C=O) groups is 1. The second-order valence-corrected chi connectivity index (χ2v) is 7.26. The van der Waals surface area contributed by atoms with E-state index in [-0.39, 0.29) is 11.6 Å².